The maximum absolute atomic E-state index is 12.4. The molecule has 110 valence electrons. The van der Waals surface area contributed by atoms with E-state index in [1.54, 1.807) is 0 Å². The van der Waals surface area contributed by atoms with Gasteiger partial charge in [-0.3, -0.25) is 0 Å². The number of hydrogen-bond donors (Lipinski definition) is 2. The minimum absolute atomic E-state index is 0.00319. The van der Waals surface area contributed by atoms with E-state index in [1.807, 2.05) is 29.5 Å². The zero-order valence-electron chi connectivity index (χ0n) is 11.0. The van der Waals surface area contributed by atoms with Gasteiger partial charge in [-0.25, -0.2) is 17.9 Å². The lowest BCUT2D eigenvalue weighted by Crippen LogP contribution is -2.43. The second-order valence-corrected chi connectivity index (χ2v) is 8.16. The van der Waals surface area contributed by atoms with Crippen LogP contribution in [0.25, 0.3) is 0 Å². The molecule has 1 aliphatic carbocycles. The summed E-state index contributed by atoms with van der Waals surface area (Å²) in [5, 5.41) is 9.07. The molecular formula is C13H16INO4S. The summed E-state index contributed by atoms with van der Waals surface area (Å²) in [4.78, 5) is 11.1. The van der Waals surface area contributed by atoms with E-state index in [1.165, 1.54) is 18.2 Å². The SMILES string of the molecule is CC1(NS(=O)(=O)c2ccc(I)c(C(=O)O)c2)CCCC1. The monoisotopic (exact) mass is 409 g/mol. The maximum Gasteiger partial charge on any atom is 0.336 e. The van der Waals surface area contributed by atoms with Crippen LogP contribution in [0.4, 0.5) is 0 Å². The van der Waals surface area contributed by atoms with Crippen LogP contribution in [0.2, 0.25) is 0 Å². The van der Waals surface area contributed by atoms with Crippen LogP contribution in [0.5, 0.6) is 0 Å². The molecular weight excluding hydrogens is 393 g/mol. The predicted octanol–water partition coefficient (Wildman–Crippen LogP) is 2.60. The van der Waals surface area contributed by atoms with Crippen LogP contribution in [0.15, 0.2) is 23.1 Å². The van der Waals surface area contributed by atoms with E-state index >= 15 is 0 Å². The van der Waals surface area contributed by atoms with Crippen molar-refractivity contribution in [2.45, 2.75) is 43.0 Å². The van der Waals surface area contributed by atoms with E-state index in [-0.39, 0.29) is 10.5 Å². The Morgan fingerprint density at radius 1 is 1.35 bits per heavy atom. The van der Waals surface area contributed by atoms with Crippen molar-refractivity contribution < 1.29 is 18.3 Å². The number of hydrogen-bond acceptors (Lipinski definition) is 3. The van der Waals surface area contributed by atoms with E-state index in [4.69, 9.17) is 5.11 Å². The maximum atomic E-state index is 12.4. The van der Waals surface area contributed by atoms with Crippen molar-refractivity contribution in [2.75, 3.05) is 0 Å². The van der Waals surface area contributed by atoms with Gasteiger partial charge in [-0.05, 0) is 60.6 Å². The highest BCUT2D eigenvalue weighted by atomic mass is 127. The summed E-state index contributed by atoms with van der Waals surface area (Å²) in [5.41, 5.74) is -0.421. The van der Waals surface area contributed by atoms with Gasteiger partial charge in [0, 0.05) is 9.11 Å². The first-order valence-electron chi connectivity index (χ1n) is 6.30. The van der Waals surface area contributed by atoms with E-state index < -0.39 is 21.5 Å². The zero-order valence-corrected chi connectivity index (χ0v) is 14.0. The molecule has 0 unspecified atom stereocenters. The van der Waals surface area contributed by atoms with Crippen molar-refractivity contribution >= 4 is 38.6 Å². The Hall–Kier alpha value is -0.670. The fourth-order valence-electron chi connectivity index (χ4n) is 2.48. The molecule has 0 radical (unpaired) electrons. The molecule has 1 fully saturated rings. The molecule has 1 aromatic rings. The molecule has 20 heavy (non-hydrogen) atoms. The average Bonchev–Trinajstić information content (AvgIpc) is 2.74. The van der Waals surface area contributed by atoms with Gasteiger partial charge in [0.1, 0.15) is 0 Å². The van der Waals surface area contributed by atoms with Crippen LogP contribution in [0, 0.1) is 3.57 Å². The lowest BCUT2D eigenvalue weighted by atomic mass is 10.0. The zero-order chi connectivity index (χ0) is 15.0. The number of benzene rings is 1. The summed E-state index contributed by atoms with van der Waals surface area (Å²) >= 11 is 1.88. The largest absolute Gasteiger partial charge is 0.478 e. The molecule has 0 heterocycles. The summed E-state index contributed by atoms with van der Waals surface area (Å²) in [6.45, 7) is 1.89. The van der Waals surface area contributed by atoms with E-state index in [0.717, 1.165) is 25.7 Å². The molecule has 0 aliphatic heterocycles. The fraction of sp³-hybridized carbons (Fsp3) is 0.462. The molecule has 1 aromatic carbocycles. The van der Waals surface area contributed by atoms with Crippen molar-refractivity contribution in [2.24, 2.45) is 0 Å². The van der Waals surface area contributed by atoms with Gasteiger partial charge in [-0.15, -0.1) is 0 Å². The first kappa shape index (κ1) is 15.7. The molecule has 0 atom stereocenters. The van der Waals surface area contributed by atoms with E-state index in [0.29, 0.717) is 3.57 Å². The predicted molar refractivity (Wildman–Crippen MR) is 83.3 cm³/mol. The van der Waals surface area contributed by atoms with Crippen LogP contribution in [0.1, 0.15) is 43.0 Å². The Kier molecular flexibility index (Phi) is 4.41. The molecule has 5 nitrogen and oxygen atoms in total. The van der Waals surface area contributed by atoms with E-state index in [9.17, 15) is 13.2 Å². The van der Waals surface area contributed by atoms with Crippen molar-refractivity contribution in [3.05, 3.63) is 27.3 Å². The quantitative estimate of drug-likeness (QED) is 0.749. The normalized spacial score (nSPS) is 18.1. The summed E-state index contributed by atoms with van der Waals surface area (Å²) < 4.78 is 28.0. The third-order valence-electron chi connectivity index (χ3n) is 3.57. The first-order valence-corrected chi connectivity index (χ1v) is 8.87. The van der Waals surface area contributed by atoms with Gasteiger partial charge in [0.2, 0.25) is 10.0 Å². The van der Waals surface area contributed by atoms with Crippen molar-refractivity contribution in [1.29, 1.82) is 0 Å². The van der Waals surface area contributed by atoms with Crippen LogP contribution < -0.4 is 4.72 Å². The van der Waals surface area contributed by atoms with Gasteiger partial charge in [0.25, 0.3) is 0 Å². The number of rotatable bonds is 4. The number of carboxylic acid groups (broad SMARTS) is 1. The Morgan fingerprint density at radius 3 is 2.50 bits per heavy atom. The molecule has 2 N–H and O–H groups in total. The highest BCUT2D eigenvalue weighted by Gasteiger charge is 2.33. The second-order valence-electron chi connectivity index (χ2n) is 5.32. The third-order valence-corrected chi connectivity index (χ3v) is 6.14. The Bertz CT molecular complexity index is 636. The number of sulfonamides is 1. The lowest BCUT2D eigenvalue weighted by Gasteiger charge is -2.25. The number of aromatic carboxylic acids is 1. The molecule has 0 aromatic heterocycles. The highest BCUT2D eigenvalue weighted by molar-refractivity contribution is 14.1. The minimum atomic E-state index is -3.69. The van der Waals surface area contributed by atoms with Crippen LogP contribution in [0.3, 0.4) is 0 Å². The molecule has 0 bridgehead atoms. The molecule has 0 spiro atoms. The van der Waals surface area contributed by atoms with Crippen LogP contribution >= 0.6 is 22.6 Å². The smallest absolute Gasteiger partial charge is 0.336 e. The van der Waals surface area contributed by atoms with Crippen molar-refractivity contribution in [1.82, 2.24) is 4.72 Å². The lowest BCUT2D eigenvalue weighted by molar-refractivity contribution is 0.0695. The van der Waals surface area contributed by atoms with Crippen LogP contribution in [-0.4, -0.2) is 25.0 Å². The van der Waals surface area contributed by atoms with Gasteiger partial charge < -0.3 is 5.11 Å². The topological polar surface area (TPSA) is 83.5 Å². The Balaban J connectivity index is 2.34. The van der Waals surface area contributed by atoms with Gasteiger partial charge >= 0.3 is 5.97 Å². The highest BCUT2D eigenvalue weighted by Crippen LogP contribution is 2.31. The van der Waals surface area contributed by atoms with Crippen molar-refractivity contribution in [3.8, 4) is 0 Å². The second kappa shape index (κ2) is 5.61. The molecule has 1 saturated carbocycles. The number of carbonyl (C=O) groups is 1. The fourth-order valence-corrected chi connectivity index (χ4v) is 4.53. The van der Waals surface area contributed by atoms with Gasteiger partial charge in [-0.2, -0.15) is 0 Å². The van der Waals surface area contributed by atoms with Gasteiger partial charge in [0.15, 0.2) is 0 Å². The van der Waals surface area contributed by atoms with Gasteiger partial charge in [0.05, 0.1) is 10.5 Å². The first-order chi connectivity index (χ1) is 9.23. The summed E-state index contributed by atoms with van der Waals surface area (Å²) in [7, 11) is -3.69. The number of nitrogens with one attached hydrogen (secondary N) is 1. The molecule has 2 rings (SSSR count). The van der Waals surface area contributed by atoms with Crippen LogP contribution in [-0.2, 0) is 10.0 Å². The Labute approximate surface area is 132 Å². The minimum Gasteiger partial charge on any atom is -0.478 e. The van der Waals surface area contributed by atoms with Gasteiger partial charge in [-0.1, -0.05) is 12.8 Å². The summed E-state index contributed by atoms with van der Waals surface area (Å²) in [6.07, 6.45) is 3.63. The molecule has 0 amide bonds. The Morgan fingerprint density at radius 2 is 1.95 bits per heavy atom. The van der Waals surface area contributed by atoms with Crippen molar-refractivity contribution in [3.63, 3.8) is 0 Å². The number of halogens is 1. The average molecular weight is 409 g/mol. The standard InChI is InChI=1S/C13H16INO4S/c1-13(6-2-3-7-13)15-20(18,19)9-4-5-11(14)10(8-9)12(16)17/h4-5,8,15H,2-3,6-7H2,1H3,(H,16,17). The molecule has 0 saturated heterocycles. The third kappa shape index (κ3) is 3.32. The molecule has 1 aliphatic rings. The summed E-state index contributed by atoms with van der Waals surface area (Å²) in [6, 6.07) is 4.16. The molecule has 7 heteroatoms. The number of carboxylic acids is 1. The summed E-state index contributed by atoms with van der Waals surface area (Å²) in [5.74, 6) is -1.13. The van der Waals surface area contributed by atoms with E-state index in [2.05, 4.69) is 4.72 Å².